The summed E-state index contributed by atoms with van der Waals surface area (Å²) in [5.74, 6) is 0.834. The van der Waals surface area contributed by atoms with Crippen LogP contribution in [0, 0.1) is 11.8 Å². The third-order valence-electron chi connectivity index (χ3n) is 3.16. The summed E-state index contributed by atoms with van der Waals surface area (Å²) in [6.07, 6.45) is 6.04. The van der Waals surface area contributed by atoms with E-state index in [1.807, 2.05) is 19.1 Å². The standard InChI is InChI=1S/C11H14O2/c1-3-8-7-13-11(2)5-4-9(12)6-10(8)11/h3-5,8,10H,1,6-7H2,2H3. The van der Waals surface area contributed by atoms with Crippen LogP contribution in [-0.2, 0) is 9.53 Å². The highest BCUT2D eigenvalue weighted by Gasteiger charge is 2.46. The highest BCUT2D eigenvalue weighted by atomic mass is 16.5. The van der Waals surface area contributed by atoms with Crippen molar-refractivity contribution < 1.29 is 9.53 Å². The van der Waals surface area contributed by atoms with Gasteiger partial charge in [0.1, 0.15) is 0 Å². The molecule has 3 unspecified atom stereocenters. The maximum Gasteiger partial charge on any atom is 0.155 e. The van der Waals surface area contributed by atoms with Gasteiger partial charge in [0, 0.05) is 18.3 Å². The summed E-state index contributed by atoms with van der Waals surface area (Å²) in [4.78, 5) is 11.2. The molecular weight excluding hydrogens is 164 g/mol. The molecule has 2 aliphatic rings. The van der Waals surface area contributed by atoms with Crippen molar-refractivity contribution in [3.8, 4) is 0 Å². The van der Waals surface area contributed by atoms with E-state index in [1.54, 1.807) is 6.08 Å². The Kier molecular flexibility index (Phi) is 1.88. The second-order valence-corrected chi connectivity index (χ2v) is 4.00. The van der Waals surface area contributed by atoms with Gasteiger partial charge in [-0.2, -0.15) is 0 Å². The van der Waals surface area contributed by atoms with Gasteiger partial charge < -0.3 is 4.74 Å². The van der Waals surface area contributed by atoms with Crippen LogP contribution in [0.3, 0.4) is 0 Å². The molecule has 1 saturated heterocycles. The van der Waals surface area contributed by atoms with Gasteiger partial charge in [0.05, 0.1) is 12.2 Å². The van der Waals surface area contributed by atoms with Crippen molar-refractivity contribution in [2.24, 2.45) is 11.8 Å². The van der Waals surface area contributed by atoms with Crippen molar-refractivity contribution in [2.45, 2.75) is 18.9 Å². The van der Waals surface area contributed by atoms with E-state index in [1.165, 1.54) is 0 Å². The average Bonchev–Trinajstić information content (AvgIpc) is 2.43. The maximum absolute atomic E-state index is 11.2. The number of rotatable bonds is 1. The van der Waals surface area contributed by atoms with Crippen molar-refractivity contribution in [2.75, 3.05) is 6.61 Å². The van der Waals surface area contributed by atoms with Crippen LogP contribution >= 0.6 is 0 Å². The summed E-state index contributed by atoms with van der Waals surface area (Å²) >= 11 is 0. The van der Waals surface area contributed by atoms with Crippen LogP contribution in [0.5, 0.6) is 0 Å². The molecule has 1 aliphatic heterocycles. The van der Waals surface area contributed by atoms with Gasteiger partial charge >= 0.3 is 0 Å². The lowest BCUT2D eigenvalue weighted by molar-refractivity contribution is -0.117. The Morgan fingerprint density at radius 2 is 2.54 bits per heavy atom. The van der Waals surface area contributed by atoms with Gasteiger partial charge in [0.15, 0.2) is 5.78 Å². The van der Waals surface area contributed by atoms with E-state index in [9.17, 15) is 4.79 Å². The van der Waals surface area contributed by atoms with E-state index in [4.69, 9.17) is 4.74 Å². The van der Waals surface area contributed by atoms with E-state index >= 15 is 0 Å². The van der Waals surface area contributed by atoms with Crippen molar-refractivity contribution in [3.63, 3.8) is 0 Å². The largest absolute Gasteiger partial charge is 0.370 e. The van der Waals surface area contributed by atoms with E-state index in [2.05, 4.69) is 6.58 Å². The summed E-state index contributed by atoms with van der Waals surface area (Å²) in [6.45, 7) is 6.52. The van der Waals surface area contributed by atoms with Crippen LogP contribution in [0.15, 0.2) is 24.8 Å². The van der Waals surface area contributed by atoms with Crippen molar-refractivity contribution in [1.82, 2.24) is 0 Å². The fourth-order valence-corrected chi connectivity index (χ4v) is 2.23. The number of carbonyl (C=O) groups excluding carboxylic acids is 1. The molecule has 0 aromatic heterocycles. The molecule has 70 valence electrons. The molecule has 0 bridgehead atoms. The zero-order chi connectivity index (χ0) is 9.47. The van der Waals surface area contributed by atoms with Gasteiger partial charge in [0.25, 0.3) is 0 Å². The first-order chi connectivity index (χ1) is 6.15. The highest BCUT2D eigenvalue weighted by Crippen LogP contribution is 2.42. The Morgan fingerprint density at radius 3 is 3.23 bits per heavy atom. The minimum Gasteiger partial charge on any atom is -0.370 e. The predicted octanol–water partition coefficient (Wildman–Crippen LogP) is 1.72. The number of hydrogen-bond acceptors (Lipinski definition) is 2. The fraction of sp³-hybridized carbons (Fsp3) is 0.545. The van der Waals surface area contributed by atoms with Crippen molar-refractivity contribution >= 4 is 5.78 Å². The predicted molar refractivity (Wildman–Crippen MR) is 50.3 cm³/mol. The Hall–Kier alpha value is -0.890. The average molecular weight is 178 g/mol. The van der Waals surface area contributed by atoms with Crippen LogP contribution in [0.2, 0.25) is 0 Å². The van der Waals surface area contributed by atoms with E-state index in [0.29, 0.717) is 24.9 Å². The summed E-state index contributed by atoms with van der Waals surface area (Å²) in [5.41, 5.74) is -0.229. The molecule has 0 spiro atoms. The lowest BCUT2D eigenvalue weighted by Crippen LogP contribution is -2.35. The third kappa shape index (κ3) is 1.25. The number of fused-ring (bicyclic) bond motifs is 1. The Labute approximate surface area is 78.3 Å². The van der Waals surface area contributed by atoms with Crippen molar-refractivity contribution in [3.05, 3.63) is 24.8 Å². The van der Waals surface area contributed by atoms with E-state index in [-0.39, 0.29) is 11.4 Å². The van der Waals surface area contributed by atoms with E-state index < -0.39 is 0 Å². The molecule has 1 heterocycles. The van der Waals surface area contributed by atoms with Crippen LogP contribution < -0.4 is 0 Å². The fourth-order valence-electron chi connectivity index (χ4n) is 2.23. The molecule has 0 radical (unpaired) electrons. The highest BCUT2D eigenvalue weighted by molar-refractivity contribution is 5.91. The molecule has 3 atom stereocenters. The third-order valence-corrected chi connectivity index (χ3v) is 3.16. The Balaban J connectivity index is 2.30. The summed E-state index contributed by atoms with van der Waals surface area (Å²) in [5, 5.41) is 0. The lowest BCUT2D eigenvalue weighted by atomic mass is 9.76. The van der Waals surface area contributed by atoms with Crippen LogP contribution in [0.25, 0.3) is 0 Å². The molecule has 2 nitrogen and oxygen atoms in total. The van der Waals surface area contributed by atoms with Crippen LogP contribution in [-0.4, -0.2) is 18.0 Å². The van der Waals surface area contributed by atoms with E-state index in [0.717, 1.165) is 0 Å². The number of hydrogen-bond donors (Lipinski definition) is 0. The van der Waals surface area contributed by atoms with Gasteiger partial charge in [-0.15, -0.1) is 6.58 Å². The monoisotopic (exact) mass is 178 g/mol. The first-order valence-corrected chi connectivity index (χ1v) is 4.64. The second-order valence-electron chi connectivity index (χ2n) is 4.00. The Bertz CT molecular complexity index is 280. The van der Waals surface area contributed by atoms with Gasteiger partial charge in [-0.25, -0.2) is 0 Å². The maximum atomic E-state index is 11.2. The van der Waals surface area contributed by atoms with Crippen LogP contribution in [0.1, 0.15) is 13.3 Å². The quantitative estimate of drug-likeness (QED) is 0.571. The molecule has 1 fully saturated rings. The second kappa shape index (κ2) is 2.81. The van der Waals surface area contributed by atoms with Gasteiger partial charge in [-0.05, 0) is 19.1 Å². The van der Waals surface area contributed by atoms with Gasteiger partial charge in [-0.1, -0.05) is 6.08 Å². The minimum absolute atomic E-state index is 0.208. The number of ether oxygens (including phenoxy) is 1. The number of allylic oxidation sites excluding steroid dienone is 1. The minimum atomic E-state index is -0.229. The molecule has 2 heteroatoms. The molecule has 2 rings (SSSR count). The SMILES string of the molecule is C=CC1COC2(C)C=CC(=O)CC12. The first kappa shape index (κ1) is 8.70. The molecule has 13 heavy (non-hydrogen) atoms. The van der Waals surface area contributed by atoms with Gasteiger partial charge in [0.2, 0.25) is 0 Å². The number of ketones is 1. The summed E-state index contributed by atoms with van der Waals surface area (Å²) in [7, 11) is 0. The molecular formula is C11H14O2. The zero-order valence-electron chi connectivity index (χ0n) is 7.82. The first-order valence-electron chi connectivity index (χ1n) is 4.64. The normalized spacial score (nSPS) is 43.3. The zero-order valence-corrected chi connectivity index (χ0v) is 7.82. The topological polar surface area (TPSA) is 26.3 Å². The summed E-state index contributed by atoms with van der Waals surface area (Å²) < 4.78 is 5.69. The van der Waals surface area contributed by atoms with Crippen LogP contribution in [0.4, 0.5) is 0 Å². The van der Waals surface area contributed by atoms with Gasteiger partial charge in [-0.3, -0.25) is 4.79 Å². The molecule has 0 aromatic carbocycles. The smallest absolute Gasteiger partial charge is 0.155 e. The molecule has 0 saturated carbocycles. The number of carbonyl (C=O) groups is 1. The molecule has 0 amide bonds. The molecule has 0 aromatic rings. The lowest BCUT2D eigenvalue weighted by Gasteiger charge is -2.30. The molecule has 1 aliphatic carbocycles. The van der Waals surface area contributed by atoms with Crippen molar-refractivity contribution in [1.29, 1.82) is 0 Å². The molecule has 0 N–H and O–H groups in total. The Morgan fingerprint density at radius 1 is 1.77 bits per heavy atom. The summed E-state index contributed by atoms with van der Waals surface area (Å²) in [6, 6.07) is 0.